The van der Waals surface area contributed by atoms with Crippen LogP contribution in [-0.2, 0) is 11.3 Å². The van der Waals surface area contributed by atoms with Gasteiger partial charge in [-0.05, 0) is 55.6 Å². The van der Waals surface area contributed by atoms with Gasteiger partial charge in [0.2, 0.25) is 5.91 Å². The van der Waals surface area contributed by atoms with Gasteiger partial charge in [0, 0.05) is 18.1 Å². The fourth-order valence-electron chi connectivity index (χ4n) is 4.02. The van der Waals surface area contributed by atoms with Crippen LogP contribution in [0, 0.1) is 5.92 Å². The zero-order valence-corrected chi connectivity index (χ0v) is 17.5. The van der Waals surface area contributed by atoms with E-state index in [1.807, 2.05) is 43.3 Å². The van der Waals surface area contributed by atoms with Gasteiger partial charge in [0.1, 0.15) is 13.2 Å². The van der Waals surface area contributed by atoms with E-state index in [1.54, 1.807) is 0 Å². The minimum Gasteiger partial charge on any atom is -0.486 e. The first-order valence-electron chi connectivity index (χ1n) is 10.3. The maximum atomic E-state index is 12.9. The van der Waals surface area contributed by atoms with Crippen LogP contribution in [0.25, 0.3) is 0 Å². The van der Waals surface area contributed by atoms with Crippen molar-refractivity contribution in [3.8, 4) is 11.5 Å². The lowest BCUT2D eigenvalue weighted by Crippen LogP contribution is -2.43. The largest absolute Gasteiger partial charge is 0.486 e. The van der Waals surface area contributed by atoms with Crippen LogP contribution in [-0.4, -0.2) is 37.1 Å². The Bertz CT molecular complexity index is 873. The van der Waals surface area contributed by atoms with Gasteiger partial charge in [0.25, 0.3) is 0 Å². The number of piperidine rings is 1. The Hall–Kier alpha value is -2.24. The molecule has 0 aliphatic carbocycles. The topological polar surface area (TPSA) is 50.8 Å². The van der Waals surface area contributed by atoms with Crippen molar-refractivity contribution in [1.29, 1.82) is 0 Å². The summed E-state index contributed by atoms with van der Waals surface area (Å²) in [6, 6.07) is 13.7. The molecule has 29 heavy (non-hydrogen) atoms. The number of benzene rings is 2. The van der Waals surface area contributed by atoms with E-state index in [0.717, 1.165) is 60.1 Å². The van der Waals surface area contributed by atoms with Gasteiger partial charge in [0.05, 0.1) is 12.0 Å². The second-order valence-electron chi connectivity index (χ2n) is 7.80. The van der Waals surface area contributed by atoms with E-state index in [9.17, 15) is 4.79 Å². The molecule has 2 aliphatic rings. The summed E-state index contributed by atoms with van der Waals surface area (Å²) >= 11 is 6.30. The number of likely N-dealkylation sites (tertiary alicyclic amines) is 1. The standard InChI is InChI=1S/C23H27ClN2O3/c1-16(17-8-9-21-22(13-17)29-12-11-28-21)25-23(27)19-6-4-10-26(15-19)14-18-5-2-3-7-20(18)24/h2-3,5,7-9,13,16,19H,4,6,10-12,14-15H2,1H3,(H,25,27)/t16-,19-/m1/s1. The Labute approximate surface area is 176 Å². The highest BCUT2D eigenvalue weighted by molar-refractivity contribution is 6.31. The van der Waals surface area contributed by atoms with E-state index in [2.05, 4.69) is 16.3 Å². The summed E-state index contributed by atoms with van der Waals surface area (Å²) in [6.07, 6.45) is 1.93. The van der Waals surface area contributed by atoms with Gasteiger partial charge in [0.15, 0.2) is 11.5 Å². The Morgan fingerprint density at radius 2 is 2.00 bits per heavy atom. The average molecular weight is 415 g/mol. The molecule has 1 saturated heterocycles. The van der Waals surface area contributed by atoms with E-state index in [0.29, 0.717) is 13.2 Å². The number of nitrogens with one attached hydrogen (secondary N) is 1. The summed E-state index contributed by atoms with van der Waals surface area (Å²) in [6.45, 7) is 5.66. The van der Waals surface area contributed by atoms with Gasteiger partial charge in [-0.3, -0.25) is 9.69 Å². The summed E-state index contributed by atoms with van der Waals surface area (Å²) in [5, 5.41) is 3.96. The highest BCUT2D eigenvalue weighted by Crippen LogP contribution is 2.32. The van der Waals surface area contributed by atoms with Crippen LogP contribution in [0.1, 0.15) is 36.9 Å². The van der Waals surface area contributed by atoms with Crippen LogP contribution in [0.3, 0.4) is 0 Å². The molecule has 2 atom stereocenters. The lowest BCUT2D eigenvalue weighted by molar-refractivity contribution is -0.127. The van der Waals surface area contributed by atoms with Crippen LogP contribution >= 0.6 is 11.6 Å². The maximum Gasteiger partial charge on any atom is 0.224 e. The number of hydrogen-bond acceptors (Lipinski definition) is 4. The van der Waals surface area contributed by atoms with E-state index in [-0.39, 0.29) is 17.9 Å². The second kappa shape index (κ2) is 9.06. The minimum absolute atomic E-state index is 0.00843. The molecule has 2 aromatic carbocycles. The molecule has 0 unspecified atom stereocenters. The van der Waals surface area contributed by atoms with Crippen LogP contribution in [0.5, 0.6) is 11.5 Å². The molecule has 5 nitrogen and oxygen atoms in total. The predicted molar refractivity (Wildman–Crippen MR) is 113 cm³/mol. The third kappa shape index (κ3) is 4.85. The van der Waals surface area contributed by atoms with Crippen molar-refractivity contribution in [1.82, 2.24) is 10.2 Å². The molecule has 2 aliphatic heterocycles. The number of ether oxygens (including phenoxy) is 2. The molecular weight excluding hydrogens is 388 g/mol. The number of rotatable bonds is 5. The highest BCUT2D eigenvalue weighted by atomic mass is 35.5. The Balaban J connectivity index is 1.36. The molecule has 0 saturated carbocycles. The molecule has 0 radical (unpaired) electrons. The Morgan fingerprint density at radius 1 is 1.21 bits per heavy atom. The molecule has 1 fully saturated rings. The lowest BCUT2D eigenvalue weighted by Gasteiger charge is -2.33. The summed E-state index contributed by atoms with van der Waals surface area (Å²) < 4.78 is 11.2. The van der Waals surface area contributed by atoms with Crippen LogP contribution in [0.2, 0.25) is 5.02 Å². The highest BCUT2D eigenvalue weighted by Gasteiger charge is 2.27. The van der Waals surface area contributed by atoms with Gasteiger partial charge >= 0.3 is 0 Å². The quantitative estimate of drug-likeness (QED) is 0.796. The van der Waals surface area contributed by atoms with Crippen molar-refractivity contribution in [2.45, 2.75) is 32.4 Å². The molecule has 0 aromatic heterocycles. The normalized spacial score (nSPS) is 20.1. The van der Waals surface area contributed by atoms with Gasteiger partial charge in [-0.1, -0.05) is 35.9 Å². The van der Waals surface area contributed by atoms with Crippen molar-refractivity contribution in [2.24, 2.45) is 5.92 Å². The predicted octanol–water partition coefficient (Wildman–Crippen LogP) is 4.20. The number of amides is 1. The summed E-state index contributed by atoms with van der Waals surface area (Å²) in [4.78, 5) is 15.2. The molecule has 0 spiro atoms. The van der Waals surface area contributed by atoms with Crippen molar-refractivity contribution in [3.63, 3.8) is 0 Å². The van der Waals surface area contributed by atoms with Gasteiger partial charge < -0.3 is 14.8 Å². The van der Waals surface area contributed by atoms with E-state index >= 15 is 0 Å². The molecule has 4 rings (SSSR count). The Kier molecular flexibility index (Phi) is 6.26. The SMILES string of the molecule is C[C@@H](NC(=O)[C@@H]1CCCN(Cc2ccccc2Cl)C1)c1ccc2c(c1)OCCO2. The average Bonchev–Trinajstić information content (AvgIpc) is 2.75. The number of carbonyl (C=O) groups excluding carboxylic acids is 1. The zero-order valence-electron chi connectivity index (χ0n) is 16.7. The molecule has 2 heterocycles. The van der Waals surface area contributed by atoms with Gasteiger partial charge in [-0.2, -0.15) is 0 Å². The first-order chi connectivity index (χ1) is 14.1. The van der Waals surface area contributed by atoms with Crippen LogP contribution in [0.4, 0.5) is 0 Å². The fraction of sp³-hybridized carbons (Fsp3) is 0.435. The summed E-state index contributed by atoms with van der Waals surface area (Å²) in [5.41, 5.74) is 2.13. The van der Waals surface area contributed by atoms with Crippen molar-refractivity contribution in [3.05, 3.63) is 58.6 Å². The van der Waals surface area contributed by atoms with E-state index in [4.69, 9.17) is 21.1 Å². The van der Waals surface area contributed by atoms with Crippen molar-refractivity contribution in [2.75, 3.05) is 26.3 Å². The van der Waals surface area contributed by atoms with Crippen molar-refractivity contribution >= 4 is 17.5 Å². The fourth-order valence-corrected chi connectivity index (χ4v) is 4.22. The minimum atomic E-state index is -0.0859. The smallest absolute Gasteiger partial charge is 0.224 e. The number of halogens is 1. The molecule has 0 bridgehead atoms. The number of carbonyl (C=O) groups is 1. The number of fused-ring (bicyclic) bond motifs is 1. The second-order valence-corrected chi connectivity index (χ2v) is 8.21. The summed E-state index contributed by atoms with van der Waals surface area (Å²) in [5.74, 6) is 1.61. The third-order valence-electron chi connectivity index (χ3n) is 5.65. The van der Waals surface area contributed by atoms with Crippen LogP contribution in [0.15, 0.2) is 42.5 Å². The maximum absolute atomic E-state index is 12.9. The molecule has 1 N–H and O–H groups in total. The zero-order chi connectivity index (χ0) is 20.2. The van der Waals surface area contributed by atoms with Gasteiger partial charge in [-0.15, -0.1) is 0 Å². The van der Waals surface area contributed by atoms with Gasteiger partial charge in [-0.25, -0.2) is 0 Å². The molecular formula is C23H27ClN2O3. The molecule has 1 amide bonds. The number of nitrogens with zero attached hydrogens (tertiary/aromatic N) is 1. The summed E-state index contributed by atoms with van der Waals surface area (Å²) in [7, 11) is 0. The Morgan fingerprint density at radius 3 is 2.83 bits per heavy atom. The first-order valence-corrected chi connectivity index (χ1v) is 10.6. The lowest BCUT2D eigenvalue weighted by atomic mass is 9.96. The number of hydrogen-bond donors (Lipinski definition) is 1. The molecule has 154 valence electrons. The van der Waals surface area contributed by atoms with Crippen molar-refractivity contribution < 1.29 is 14.3 Å². The molecule has 6 heteroatoms. The molecule has 2 aromatic rings. The first kappa shape index (κ1) is 20.0. The van der Waals surface area contributed by atoms with E-state index in [1.165, 1.54) is 0 Å². The third-order valence-corrected chi connectivity index (χ3v) is 6.02. The monoisotopic (exact) mass is 414 g/mol. The van der Waals surface area contributed by atoms with E-state index < -0.39 is 0 Å². The van der Waals surface area contributed by atoms with Crippen LogP contribution < -0.4 is 14.8 Å².